The number of hydrogen-bond donors (Lipinski definition) is 0. The highest BCUT2D eigenvalue weighted by molar-refractivity contribution is 6.21. The predicted molar refractivity (Wildman–Crippen MR) is 92.3 cm³/mol. The molecule has 2 rings (SSSR count). The summed E-state index contributed by atoms with van der Waals surface area (Å²) in [5, 5.41) is 0.301. The zero-order valence-electron chi connectivity index (χ0n) is 13.8. The minimum atomic E-state index is 0.301. The highest BCUT2D eigenvalue weighted by Crippen LogP contribution is 2.24. The third-order valence-corrected chi connectivity index (χ3v) is 4.91. The third-order valence-electron chi connectivity index (χ3n) is 4.40. The Morgan fingerprint density at radius 2 is 1.91 bits per heavy atom. The quantitative estimate of drug-likeness (QED) is 0.550. The van der Waals surface area contributed by atoms with Crippen LogP contribution in [0.3, 0.4) is 0 Å². The van der Waals surface area contributed by atoms with Crippen molar-refractivity contribution in [3.8, 4) is 11.5 Å². The van der Waals surface area contributed by atoms with E-state index in [0.29, 0.717) is 11.4 Å². The van der Waals surface area contributed by atoms with E-state index in [-0.39, 0.29) is 0 Å². The lowest BCUT2D eigenvalue weighted by Gasteiger charge is -2.31. The van der Waals surface area contributed by atoms with Crippen LogP contribution in [0.1, 0.15) is 39.0 Å². The molecule has 0 saturated carbocycles. The minimum absolute atomic E-state index is 0.301. The van der Waals surface area contributed by atoms with Gasteiger partial charge in [0.2, 0.25) is 0 Å². The van der Waals surface area contributed by atoms with Gasteiger partial charge in [-0.15, -0.1) is 11.6 Å². The molecule has 0 amide bonds. The Bertz CT molecular complexity index is 424. The zero-order chi connectivity index (χ0) is 15.8. The second-order valence-electron chi connectivity index (χ2n) is 5.90. The predicted octanol–water partition coefficient (Wildman–Crippen LogP) is 4.34. The first-order valence-electron chi connectivity index (χ1n) is 8.39. The standard InChI is InChI=1S/C18H28ClNO2/c1-3-18-17(19)7-4-5-12-20(18)13-6-14-22-16-10-8-15(21-2)9-11-16/h8-11,17-18H,3-7,12-14H2,1-2H3. The summed E-state index contributed by atoms with van der Waals surface area (Å²) in [5.41, 5.74) is 0. The number of benzene rings is 1. The molecule has 0 spiro atoms. The van der Waals surface area contributed by atoms with Crippen LogP contribution < -0.4 is 9.47 Å². The molecule has 1 aliphatic rings. The molecule has 0 aliphatic carbocycles. The van der Waals surface area contributed by atoms with Crippen LogP contribution in [0, 0.1) is 0 Å². The maximum absolute atomic E-state index is 6.53. The molecule has 0 radical (unpaired) electrons. The zero-order valence-corrected chi connectivity index (χ0v) is 14.5. The molecule has 1 heterocycles. The summed E-state index contributed by atoms with van der Waals surface area (Å²) in [6.45, 7) is 5.22. The summed E-state index contributed by atoms with van der Waals surface area (Å²) in [6, 6.07) is 8.28. The summed E-state index contributed by atoms with van der Waals surface area (Å²) < 4.78 is 11.0. The van der Waals surface area contributed by atoms with Gasteiger partial charge < -0.3 is 9.47 Å². The number of halogens is 1. The second kappa shape index (κ2) is 9.26. The molecule has 1 aromatic carbocycles. The van der Waals surface area contributed by atoms with Gasteiger partial charge >= 0.3 is 0 Å². The van der Waals surface area contributed by atoms with E-state index in [4.69, 9.17) is 21.1 Å². The monoisotopic (exact) mass is 325 g/mol. The maximum Gasteiger partial charge on any atom is 0.119 e. The molecule has 1 fully saturated rings. The summed E-state index contributed by atoms with van der Waals surface area (Å²) >= 11 is 6.53. The first-order chi connectivity index (χ1) is 10.7. The van der Waals surface area contributed by atoms with Gasteiger partial charge in [-0.25, -0.2) is 0 Å². The first-order valence-corrected chi connectivity index (χ1v) is 8.83. The lowest BCUT2D eigenvalue weighted by molar-refractivity contribution is 0.179. The van der Waals surface area contributed by atoms with Crippen LogP contribution in [0.25, 0.3) is 0 Å². The van der Waals surface area contributed by atoms with E-state index in [1.807, 2.05) is 24.3 Å². The van der Waals surface area contributed by atoms with Crippen molar-refractivity contribution in [1.29, 1.82) is 0 Å². The van der Waals surface area contributed by atoms with E-state index >= 15 is 0 Å². The minimum Gasteiger partial charge on any atom is -0.497 e. The fourth-order valence-corrected chi connectivity index (χ4v) is 3.65. The average molecular weight is 326 g/mol. The molecule has 2 unspecified atom stereocenters. The number of hydrogen-bond acceptors (Lipinski definition) is 3. The van der Waals surface area contributed by atoms with Crippen molar-refractivity contribution < 1.29 is 9.47 Å². The van der Waals surface area contributed by atoms with Crippen LogP contribution >= 0.6 is 11.6 Å². The van der Waals surface area contributed by atoms with Gasteiger partial charge in [0, 0.05) is 18.0 Å². The van der Waals surface area contributed by atoms with Crippen molar-refractivity contribution in [2.75, 3.05) is 26.8 Å². The summed E-state index contributed by atoms with van der Waals surface area (Å²) in [6.07, 6.45) is 5.83. The SMILES string of the molecule is CCC1C(Cl)CCCCN1CCCOc1ccc(OC)cc1. The molecule has 0 bridgehead atoms. The van der Waals surface area contributed by atoms with Gasteiger partial charge in [-0.1, -0.05) is 13.3 Å². The summed E-state index contributed by atoms with van der Waals surface area (Å²) in [7, 11) is 1.67. The summed E-state index contributed by atoms with van der Waals surface area (Å²) in [4.78, 5) is 2.56. The van der Waals surface area contributed by atoms with Crippen molar-refractivity contribution in [2.45, 2.75) is 50.4 Å². The van der Waals surface area contributed by atoms with E-state index in [9.17, 15) is 0 Å². The molecule has 3 nitrogen and oxygen atoms in total. The average Bonchev–Trinajstić information content (AvgIpc) is 2.73. The molecule has 1 aromatic rings. The fraction of sp³-hybridized carbons (Fsp3) is 0.667. The smallest absolute Gasteiger partial charge is 0.119 e. The van der Waals surface area contributed by atoms with E-state index in [1.54, 1.807) is 7.11 Å². The normalized spacial score (nSPS) is 23.0. The van der Waals surface area contributed by atoms with Gasteiger partial charge in [-0.2, -0.15) is 0 Å². The van der Waals surface area contributed by atoms with E-state index in [2.05, 4.69) is 11.8 Å². The van der Waals surface area contributed by atoms with Gasteiger partial charge in [0.1, 0.15) is 11.5 Å². The van der Waals surface area contributed by atoms with E-state index < -0.39 is 0 Å². The van der Waals surface area contributed by atoms with Gasteiger partial charge in [0.25, 0.3) is 0 Å². The summed E-state index contributed by atoms with van der Waals surface area (Å²) in [5.74, 6) is 1.76. The van der Waals surface area contributed by atoms with Crippen LogP contribution in [-0.4, -0.2) is 43.1 Å². The third kappa shape index (κ3) is 5.06. The van der Waals surface area contributed by atoms with Gasteiger partial charge in [-0.3, -0.25) is 4.90 Å². The van der Waals surface area contributed by atoms with Crippen LogP contribution in [0.15, 0.2) is 24.3 Å². The molecular formula is C18H28ClNO2. The molecule has 0 N–H and O–H groups in total. The second-order valence-corrected chi connectivity index (χ2v) is 6.46. The molecule has 1 aliphatic heterocycles. The fourth-order valence-electron chi connectivity index (χ4n) is 3.16. The molecule has 2 atom stereocenters. The Kier molecular flexibility index (Phi) is 7.34. The Hall–Kier alpha value is -0.930. The number of ether oxygens (including phenoxy) is 2. The molecule has 0 aromatic heterocycles. The molecule has 1 saturated heterocycles. The Labute approximate surface area is 139 Å². The van der Waals surface area contributed by atoms with Crippen molar-refractivity contribution in [1.82, 2.24) is 4.90 Å². The first kappa shape index (κ1) is 17.4. The van der Waals surface area contributed by atoms with Crippen LogP contribution in [-0.2, 0) is 0 Å². The van der Waals surface area contributed by atoms with Gasteiger partial charge in [-0.05, 0) is 56.5 Å². The molecule has 22 heavy (non-hydrogen) atoms. The number of rotatable bonds is 7. The lowest BCUT2D eigenvalue weighted by atomic mass is 10.1. The van der Waals surface area contributed by atoms with E-state index in [1.165, 1.54) is 19.4 Å². The Balaban J connectivity index is 1.74. The van der Waals surface area contributed by atoms with Crippen LogP contribution in [0.5, 0.6) is 11.5 Å². The number of methoxy groups -OCH3 is 1. The van der Waals surface area contributed by atoms with Crippen LogP contribution in [0.2, 0.25) is 0 Å². The Morgan fingerprint density at radius 3 is 2.59 bits per heavy atom. The highest BCUT2D eigenvalue weighted by Gasteiger charge is 2.26. The van der Waals surface area contributed by atoms with Gasteiger partial charge in [0.15, 0.2) is 0 Å². The maximum atomic E-state index is 6.53. The largest absolute Gasteiger partial charge is 0.497 e. The highest BCUT2D eigenvalue weighted by atomic mass is 35.5. The number of alkyl halides is 1. The van der Waals surface area contributed by atoms with Crippen LogP contribution in [0.4, 0.5) is 0 Å². The molecular weight excluding hydrogens is 298 g/mol. The van der Waals surface area contributed by atoms with Crippen molar-refractivity contribution in [3.63, 3.8) is 0 Å². The topological polar surface area (TPSA) is 21.7 Å². The molecule has 4 heteroatoms. The Morgan fingerprint density at radius 1 is 1.18 bits per heavy atom. The number of nitrogens with zero attached hydrogens (tertiary/aromatic N) is 1. The van der Waals surface area contributed by atoms with E-state index in [0.717, 1.165) is 43.9 Å². The lowest BCUT2D eigenvalue weighted by Crippen LogP contribution is -2.41. The van der Waals surface area contributed by atoms with Crippen molar-refractivity contribution >= 4 is 11.6 Å². The molecule has 124 valence electrons. The van der Waals surface area contributed by atoms with Gasteiger partial charge in [0.05, 0.1) is 13.7 Å². The number of likely N-dealkylation sites (tertiary alicyclic amines) is 1. The van der Waals surface area contributed by atoms with Crippen molar-refractivity contribution in [2.24, 2.45) is 0 Å². The van der Waals surface area contributed by atoms with Crippen molar-refractivity contribution in [3.05, 3.63) is 24.3 Å².